The molecule has 2 aliphatic heterocycles. The van der Waals surface area contributed by atoms with Crippen molar-refractivity contribution < 1.29 is 0 Å². The molecule has 3 aliphatic rings. The van der Waals surface area contributed by atoms with Gasteiger partial charge in [0, 0.05) is 30.1 Å². The maximum Gasteiger partial charge on any atom is 0.0339 e. The Morgan fingerprint density at radius 1 is 1.36 bits per heavy atom. The summed E-state index contributed by atoms with van der Waals surface area (Å²) in [5.74, 6) is 4.45. The third-order valence-corrected chi connectivity index (χ3v) is 5.93. The van der Waals surface area contributed by atoms with E-state index in [0.717, 1.165) is 29.0 Å². The van der Waals surface area contributed by atoms with Crippen LogP contribution in [0.4, 0.5) is 0 Å². The summed E-state index contributed by atoms with van der Waals surface area (Å²) in [4.78, 5) is 2.74. The van der Waals surface area contributed by atoms with Crippen LogP contribution >= 0.6 is 11.8 Å². The maximum absolute atomic E-state index is 2.74. The molecule has 0 amide bonds. The van der Waals surface area contributed by atoms with E-state index < -0.39 is 0 Å². The summed E-state index contributed by atoms with van der Waals surface area (Å²) in [7, 11) is 0. The van der Waals surface area contributed by atoms with Crippen molar-refractivity contribution in [3.8, 4) is 0 Å². The number of rotatable bonds is 3. The van der Waals surface area contributed by atoms with Crippen LogP contribution in [-0.2, 0) is 0 Å². The molecular weight excluding hydrogens is 190 g/mol. The molecule has 80 valence electrons. The number of hydrogen-bond donors (Lipinski definition) is 0. The summed E-state index contributed by atoms with van der Waals surface area (Å²) < 4.78 is 0. The molecule has 1 aliphatic carbocycles. The smallest absolute Gasteiger partial charge is 0.0339 e. The van der Waals surface area contributed by atoms with Crippen molar-refractivity contribution in [3.63, 3.8) is 0 Å². The maximum atomic E-state index is 2.74. The van der Waals surface area contributed by atoms with Gasteiger partial charge >= 0.3 is 0 Å². The van der Waals surface area contributed by atoms with Gasteiger partial charge in [0.25, 0.3) is 0 Å². The second-order valence-electron chi connectivity index (χ2n) is 5.73. The van der Waals surface area contributed by atoms with Crippen LogP contribution in [0.1, 0.15) is 26.7 Å². The minimum absolute atomic E-state index is 0.926. The molecule has 2 heteroatoms. The van der Waals surface area contributed by atoms with E-state index in [9.17, 15) is 0 Å². The minimum Gasteiger partial charge on any atom is -0.297 e. The highest BCUT2D eigenvalue weighted by Gasteiger charge is 2.47. The van der Waals surface area contributed by atoms with Gasteiger partial charge in [0.1, 0.15) is 0 Å². The van der Waals surface area contributed by atoms with Crippen LogP contribution in [0.2, 0.25) is 0 Å². The van der Waals surface area contributed by atoms with Gasteiger partial charge in [0.2, 0.25) is 0 Å². The van der Waals surface area contributed by atoms with Crippen LogP contribution in [0.15, 0.2) is 0 Å². The average Bonchev–Trinajstić information content (AvgIpc) is 2.02. The van der Waals surface area contributed by atoms with E-state index in [1.165, 1.54) is 31.7 Å². The first kappa shape index (κ1) is 9.53. The van der Waals surface area contributed by atoms with Crippen molar-refractivity contribution in [1.82, 2.24) is 4.90 Å². The Hall–Kier alpha value is 0.310. The fourth-order valence-corrected chi connectivity index (χ4v) is 4.40. The molecule has 0 aromatic rings. The summed E-state index contributed by atoms with van der Waals surface area (Å²) in [5.41, 5.74) is 0. The molecule has 0 aromatic heterocycles. The summed E-state index contributed by atoms with van der Waals surface area (Å²) in [6, 6.07) is 0.998. The molecule has 0 spiro atoms. The Morgan fingerprint density at radius 3 is 2.57 bits per heavy atom. The molecule has 3 rings (SSSR count). The van der Waals surface area contributed by atoms with Crippen molar-refractivity contribution in [2.24, 2.45) is 17.8 Å². The molecular formula is C12H21NS. The van der Waals surface area contributed by atoms with Gasteiger partial charge in [-0.15, -0.1) is 0 Å². The van der Waals surface area contributed by atoms with Crippen LogP contribution in [0.25, 0.3) is 0 Å². The highest BCUT2D eigenvalue weighted by molar-refractivity contribution is 8.01. The van der Waals surface area contributed by atoms with Gasteiger partial charge in [-0.25, -0.2) is 0 Å². The Morgan fingerprint density at radius 2 is 2.14 bits per heavy atom. The van der Waals surface area contributed by atoms with Gasteiger partial charge in [-0.05, 0) is 30.6 Å². The fraction of sp³-hybridized carbons (Fsp3) is 1.00. The zero-order chi connectivity index (χ0) is 9.71. The SMILES string of the molecule is CC(C)[C@H]1C[C@H](CN2CC3SCC32)C1. The molecule has 0 radical (unpaired) electrons. The van der Waals surface area contributed by atoms with Gasteiger partial charge in [0.15, 0.2) is 0 Å². The lowest BCUT2D eigenvalue weighted by Crippen LogP contribution is -2.66. The van der Waals surface area contributed by atoms with Crippen LogP contribution in [0, 0.1) is 17.8 Å². The van der Waals surface area contributed by atoms with E-state index in [0.29, 0.717) is 0 Å². The molecule has 3 fully saturated rings. The summed E-state index contributed by atoms with van der Waals surface area (Å²) in [5, 5.41) is 1.04. The second kappa shape index (κ2) is 3.41. The highest BCUT2D eigenvalue weighted by atomic mass is 32.2. The van der Waals surface area contributed by atoms with Crippen LogP contribution in [0.5, 0.6) is 0 Å². The number of hydrogen-bond acceptors (Lipinski definition) is 2. The molecule has 0 aromatic carbocycles. The standard InChI is InChI=1S/C12H21NS/c1-8(2)10-3-9(4-10)5-13-6-12-11(13)7-14-12/h8-12H,3-7H2,1-2H3/t9-,10-,11?,12?. The van der Waals surface area contributed by atoms with Crippen molar-refractivity contribution in [3.05, 3.63) is 0 Å². The average molecular weight is 211 g/mol. The lowest BCUT2D eigenvalue weighted by atomic mass is 9.69. The monoisotopic (exact) mass is 211 g/mol. The van der Waals surface area contributed by atoms with Gasteiger partial charge in [-0.1, -0.05) is 13.8 Å². The first-order valence-corrected chi connectivity index (χ1v) is 7.14. The molecule has 1 saturated carbocycles. The lowest BCUT2D eigenvalue weighted by molar-refractivity contribution is 0.0327. The molecule has 2 saturated heterocycles. The van der Waals surface area contributed by atoms with E-state index in [2.05, 4.69) is 30.5 Å². The fourth-order valence-electron chi connectivity index (χ4n) is 3.08. The number of likely N-dealkylation sites (tertiary alicyclic amines) is 1. The zero-order valence-electron chi connectivity index (χ0n) is 9.28. The quantitative estimate of drug-likeness (QED) is 0.705. The molecule has 2 unspecified atom stereocenters. The van der Waals surface area contributed by atoms with E-state index in [1.54, 1.807) is 0 Å². The summed E-state index contributed by atoms with van der Waals surface area (Å²) in [6.07, 6.45) is 3.03. The molecule has 1 nitrogen and oxygen atoms in total. The van der Waals surface area contributed by atoms with Crippen molar-refractivity contribution in [2.75, 3.05) is 18.8 Å². The third kappa shape index (κ3) is 1.42. The minimum atomic E-state index is 0.926. The summed E-state index contributed by atoms with van der Waals surface area (Å²) in [6.45, 7) is 7.58. The normalized spacial score (nSPS) is 46.5. The molecule has 0 N–H and O–H groups in total. The Balaban J connectivity index is 1.39. The second-order valence-corrected chi connectivity index (χ2v) is 7.01. The molecule has 2 heterocycles. The number of thioether (sulfide) groups is 1. The predicted octanol–water partition coefficient (Wildman–Crippen LogP) is 2.47. The van der Waals surface area contributed by atoms with Gasteiger partial charge in [-0.2, -0.15) is 11.8 Å². The van der Waals surface area contributed by atoms with Crippen LogP contribution in [0.3, 0.4) is 0 Å². The van der Waals surface area contributed by atoms with E-state index in [1.807, 2.05) is 0 Å². The van der Waals surface area contributed by atoms with Gasteiger partial charge in [0.05, 0.1) is 0 Å². The van der Waals surface area contributed by atoms with Crippen molar-refractivity contribution >= 4 is 11.8 Å². The van der Waals surface area contributed by atoms with E-state index >= 15 is 0 Å². The molecule has 0 bridgehead atoms. The van der Waals surface area contributed by atoms with Gasteiger partial charge in [-0.3, -0.25) is 4.90 Å². The molecule has 2 atom stereocenters. The lowest BCUT2D eigenvalue weighted by Gasteiger charge is -2.57. The van der Waals surface area contributed by atoms with Crippen molar-refractivity contribution in [2.45, 2.75) is 38.0 Å². The van der Waals surface area contributed by atoms with Crippen molar-refractivity contribution in [1.29, 1.82) is 0 Å². The number of nitrogens with zero attached hydrogens (tertiary/aromatic N) is 1. The highest BCUT2D eigenvalue weighted by Crippen LogP contribution is 2.45. The Bertz CT molecular complexity index is 222. The molecule has 14 heavy (non-hydrogen) atoms. The van der Waals surface area contributed by atoms with E-state index in [4.69, 9.17) is 0 Å². The predicted molar refractivity (Wildman–Crippen MR) is 62.7 cm³/mol. The first-order valence-electron chi connectivity index (χ1n) is 6.09. The number of fused-ring (bicyclic) bond motifs is 1. The van der Waals surface area contributed by atoms with Crippen LogP contribution < -0.4 is 0 Å². The van der Waals surface area contributed by atoms with Crippen LogP contribution in [-0.4, -0.2) is 35.0 Å². The van der Waals surface area contributed by atoms with Gasteiger partial charge < -0.3 is 0 Å². The topological polar surface area (TPSA) is 3.24 Å². The first-order chi connectivity index (χ1) is 6.74. The zero-order valence-corrected chi connectivity index (χ0v) is 10.1. The van der Waals surface area contributed by atoms with E-state index in [-0.39, 0.29) is 0 Å². The third-order valence-electron chi connectivity index (χ3n) is 4.50. The summed E-state index contributed by atoms with van der Waals surface area (Å²) >= 11 is 2.18. The Labute approximate surface area is 91.6 Å². The largest absolute Gasteiger partial charge is 0.297 e. The Kier molecular flexibility index (Phi) is 2.32.